The zero-order valence-electron chi connectivity index (χ0n) is 10.3. The number of carbonyl (C=O) groups excluding carboxylic acids is 2. The van der Waals surface area contributed by atoms with Gasteiger partial charge in [-0.05, 0) is 12.3 Å². The van der Waals surface area contributed by atoms with Gasteiger partial charge in [-0.2, -0.15) is 0 Å². The van der Waals surface area contributed by atoms with Gasteiger partial charge in [0.25, 0.3) is 0 Å². The Labute approximate surface area is 97.5 Å². The third kappa shape index (κ3) is 4.77. The van der Waals surface area contributed by atoms with Crippen LogP contribution in [0.5, 0.6) is 0 Å². The Hall–Kier alpha value is -0.860. The van der Waals surface area contributed by atoms with Crippen molar-refractivity contribution in [3.8, 4) is 0 Å². The zero-order chi connectivity index (χ0) is 12.0. The van der Waals surface area contributed by atoms with Crippen molar-refractivity contribution in [2.75, 3.05) is 0 Å². The van der Waals surface area contributed by atoms with Gasteiger partial charge >= 0.3 is 11.9 Å². The van der Waals surface area contributed by atoms with Gasteiger partial charge in [-0.25, -0.2) is 0 Å². The molecule has 0 spiro atoms. The molecule has 0 N–H and O–H groups in total. The first-order valence-electron chi connectivity index (χ1n) is 6.34. The van der Waals surface area contributed by atoms with E-state index in [1.54, 1.807) is 0 Å². The molecule has 0 saturated carbocycles. The summed E-state index contributed by atoms with van der Waals surface area (Å²) < 4.78 is 4.51. The Morgan fingerprint density at radius 3 is 2.44 bits per heavy atom. The molecular weight excluding hydrogens is 204 g/mol. The highest BCUT2D eigenvalue weighted by Crippen LogP contribution is 2.22. The molecule has 0 aromatic carbocycles. The smallest absolute Gasteiger partial charge is 0.317 e. The van der Waals surface area contributed by atoms with Crippen LogP contribution in [-0.4, -0.2) is 11.9 Å². The molecule has 1 rings (SSSR count). The van der Waals surface area contributed by atoms with Crippen molar-refractivity contribution in [3.63, 3.8) is 0 Å². The molecule has 1 atom stereocenters. The number of esters is 2. The predicted molar refractivity (Wildman–Crippen MR) is 61.7 cm³/mol. The molecule has 1 aliphatic rings. The van der Waals surface area contributed by atoms with Gasteiger partial charge in [-0.1, -0.05) is 46.0 Å². The molecule has 0 aliphatic carbocycles. The van der Waals surface area contributed by atoms with Crippen LogP contribution < -0.4 is 0 Å². The molecular formula is C13H22O3. The number of ether oxygens (including phenoxy) is 1. The van der Waals surface area contributed by atoms with Crippen LogP contribution in [-0.2, 0) is 14.3 Å². The number of hydrogen-bond donors (Lipinski definition) is 0. The van der Waals surface area contributed by atoms with Crippen molar-refractivity contribution in [1.82, 2.24) is 0 Å². The number of carbonyl (C=O) groups is 2. The lowest BCUT2D eigenvalue weighted by Gasteiger charge is -2.05. The molecule has 0 bridgehead atoms. The van der Waals surface area contributed by atoms with E-state index in [2.05, 4.69) is 18.6 Å². The molecule has 0 radical (unpaired) electrons. The first-order valence-corrected chi connectivity index (χ1v) is 6.34. The summed E-state index contributed by atoms with van der Waals surface area (Å²) in [4.78, 5) is 22.0. The Bertz CT molecular complexity index is 246. The van der Waals surface area contributed by atoms with Gasteiger partial charge in [0.2, 0.25) is 0 Å². The van der Waals surface area contributed by atoms with Gasteiger partial charge in [0.05, 0.1) is 12.3 Å². The summed E-state index contributed by atoms with van der Waals surface area (Å²) in [5, 5.41) is 0. The summed E-state index contributed by atoms with van der Waals surface area (Å²) in [5.41, 5.74) is 0. The second-order valence-electron chi connectivity index (χ2n) is 5.08. The van der Waals surface area contributed by atoms with Gasteiger partial charge in [0.1, 0.15) is 0 Å². The third-order valence-electron chi connectivity index (χ3n) is 3.04. The minimum absolute atomic E-state index is 0.155. The van der Waals surface area contributed by atoms with E-state index in [-0.39, 0.29) is 17.9 Å². The number of hydrogen-bond acceptors (Lipinski definition) is 3. The molecule has 92 valence electrons. The van der Waals surface area contributed by atoms with Gasteiger partial charge in [-0.15, -0.1) is 0 Å². The summed E-state index contributed by atoms with van der Waals surface area (Å²) in [6.45, 7) is 4.47. The van der Waals surface area contributed by atoms with E-state index < -0.39 is 0 Å². The van der Waals surface area contributed by atoms with E-state index >= 15 is 0 Å². The lowest BCUT2D eigenvalue weighted by Crippen LogP contribution is -2.07. The van der Waals surface area contributed by atoms with Crippen LogP contribution in [0.4, 0.5) is 0 Å². The van der Waals surface area contributed by atoms with Crippen molar-refractivity contribution in [1.29, 1.82) is 0 Å². The summed E-state index contributed by atoms with van der Waals surface area (Å²) >= 11 is 0. The SMILES string of the molecule is CC(C)CCCCCCC1CC(=O)OC1=O. The second kappa shape index (κ2) is 6.66. The summed E-state index contributed by atoms with van der Waals surface area (Å²) in [6.07, 6.45) is 7.08. The number of rotatable bonds is 7. The van der Waals surface area contributed by atoms with Crippen molar-refractivity contribution >= 4 is 11.9 Å². The van der Waals surface area contributed by atoms with Crippen LogP contribution in [0.15, 0.2) is 0 Å². The highest BCUT2D eigenvalue weighted by molar-refractivity contribution is 5.94. The van der Waals surface area contributed by atoms with Gasteiger partial charge in [0, 0.05) is 0 Å². The van der Waals surface area contributed by atoms with E-state index in [1.165, 1.54) is 19.3 Å². The fourth-order valence-electron chi connectivity index (χ4n) is 2.04. The van der Waals surface area contributed by atoms with Crippen molar-refractivity contribution in [2.45, 2.75) is 58.8 Å². The summed E-state index contributed by atoms with van der Waals surface area (Å²) in [5.74, 6) is -0.0398. The maximum Gasteiger partial charge on any atom is 0.317 e. The standard InChI is InChI=1S/C13H22O3/c1-10(2)7-5-3-4-6-8-11-9-12(14)16-13(11)15/h10-11H,3-9H2,1-2H3. The van der Waals surface area contributed by atoms with E-state index in [9.17, 15) is 9.59 Å². The van der Waals surface area contributed by atoms with Gasteiger partial charge in [-0.3, -0.25) is 9.59 Å². The molecule has 1 aliphatic heterocycles. The Morgan fingerprint density at radius 2 is 1.88 bits per heavy atom. The van der Waals surface area contributed by atoms with Crippen molar-refractivity contribution < 1.29 is 14.3 Å². The topological polar surface area (TPSA) is 43.4 Å². The lowest BCUT2D eigenvalue weighted by atomic mass is 9.98. The normalized spacial score (nSPS) is 20.6. The van der Waals surface area contributed by atoms with Crippen LogP contribution in [0.2, 0.25) is 0 Å². The molecule has 1 unspecified atom stereocenters. The van der Waals surface area contributed by atoms with Crippen LogP contribution in [0.3, 0.4) is 0 Å². The van der Waals surface area contributed by atoms with Crippen molar-refractivity contribution in [3.05, 3.63) is 0 Å². The Morgan fingerprint density at radius 1 is 1.19 bits per heavy atom. The first-order chi connectivity index (χ1) is 7.59. The summed E-state index contributed by atoms with van der Waals surface area (Å²) in [7, 11) is 0. The van der Waals surface area contributed by atoms with Crippen LogP contribution >= 0.6 is 0 Å². The third-order valence-corrected chi connectivity index (χ3v) is 3.04. The first kappa shape index (κ1) is 13.2. The quantitative estimate of drug-likeness (QED) is 0.380. The lowest BCUT2D eigenvalue weighted by molar-refractivity contribution is -0.153. The maximum atomic E-state index is 11.2. The summed E-state index contributed by atoms with van der Waals surface area (Å²) in [6, 6.07) is 0. The molecule has 16 heavy (non-hydrogen) atoms. The van der Waals surface area contributed by atoms with E-state index in [4.69, 9.17) is 0 Å². The zero-order valence-corrected chi connectivity index (χ0v) is 10.3. The van der Waals surface area contributed by atoms with Crippen LogP contribution in [0.25, 0.3) is 0 Å². The fraction of sp³-hybridized carbons (Fsp3) is 0.846. The highest BCUT2D eigenvalue weighted by atomic mass is 16.6. The molecule has 1 saturated heterocycles. The predicted octanol–water partition coefficient (Wildman–Crippen LogP) is 3.07. The molecule has 3 nitrogen and oxygen atoms in total. The molecule has 0 aromatic heterocycles. The average molecular weight is 226 g/mol. The van der Waals surface area contributed by atoms with E-state index in [0.717, 1.165) is 25.2 Å². The van der Waals surface area contributed by atoms with Crippen LogP contribution in [0.1, 0.15) is 58.8 Å². The number of unbranched alkanes of at least 4 members (excludes halogenated alkanes) is 3. The van der Waals surface area contributed by atoms with Gasteiger partial charge < -0.3 is 4.74 Å². The minimum Gasteiger partial charge on any atom is -0.393 e. The maximum absolute atomic E-state index is 11.2. The highest BCUT2D eigenvalue weighted by Gasteiger charge is 2.32. The largest absolute Gasteiger partial charge is 0.393 e. The average Bonchev–Trinajstić information content (AvgIpc) is 2.50. The van der Waals surface area contributed by atoms with E-state index in [1.807, 2.05) is 0 Å². The van der Waals surface area contributed by atoms with Gasteiger partial charge in [0.15, 0.2) is 0 Å². The molecule has 1 heterocycles. The number of cyclic esters (lactones) is 2. The minimum atomic E-state index is -0.352. The van der Waals surface area contributed by atoms with Crippen LogP contribution in [0, 0.1) is 11.8 Å². The molecule has 3 heteroatoms. The second-order valence-corrected chi connectivity index (χ2v) is 5.08. The van der Waals surface area contributed by atoms with E-state index in [0.29, 0.717) is 6.42 Å². The molecule has 1 fully saturated rings. The monoisotopic (exact) mass is 226 g/mol. The molecule has 0 amide bonds. The molecule has 0 aromatic rings. The van der Waals surface area contributed by atoms with Crippen molar-refractivity contribution in [2.24, 2.45) is 11.8 Å². The Balaban J connectivity index is 1.99. The fourth-order valence-corrected chi connectivity index (χ4v) is 2.04. The Kier molecular flexibility index (Phi) is 5.50.